The molecule has 1 aromatic heterocycles. The van der Waals surface area contributed by atoms with Crippen molar-refractivity contribution in [1.29, 1.82) is 0 Å². The first-order chi connectivity index (χ1) is 12.6. The van der Waals surface area contributed by atoms with E-state index < -0.39 is 0 Å². The monoisotopic (exact) mass is 369 g/mol. The van der Waals surface area contributed by atoms with Crippen LogP contribution in [0.15, 0.2) is 60.9 Å². The molecule has 2 aromatic carbocycles. The molecule has 1 aliphatic carbocycles. The second-order valence-corrected chi connectivity index (χ2v) is 6.88. The largest absolute Gasteiger partial charge is 0.323 e. The number of carbonyl (C=O) groups is 1. The van der Waals surface area contributed by atoms with Gasteiger partial charge in [0.1, 0.15) is 5.82 Å². The van der Waals surface area contributed by atoms with E-state index in [1.165, 1.54) is 11.6 Å². The fourth-order valence-corrected chi connectivity index (χ4v) is 3.37. The molecule has 6 heteroatoms. The fraction of sp³-hybridized carbons (Fsp3) is 0.200. The van der Waals surface area contributed by atoms with Crippen molar-refractivity contribution in [3.63, 3.8) is 0 Å². The van der Waals surface area contributed by atoms with Crippen LogP contribution in [0, 0.1) is 11.7 Å². The number of hydrogen-bond donors (Lipinski definition) is 1. The zero-order valence-corrected chi connectivity index (χ0v) is 14.7. The molecule has 132 valence electrons. The van der Waals surface area contributed by atoms with Crippen LogP contribution in [0.4, 0.5) is 10.1 Å². The summed E-state index contributed by atoms with van der Waals surface area (Å²) >= 11 is 6.04. The number of hydrogen-bond acceptors (Lipinski definition) is 2. The molecule has 2 atom stereocenters. The van der Waals surface area contributed by atoms with Gasteiger partial charge in [-0.1, -0.05) is 48.0 Å². The molecule has 2 unspecified atom stereocenters. The smallest absolute Gasteiger partial charge is 0.228 e. The Morgan fingerprint density at radius 2 is 2.04 bits per heavy atom. The number of benzene rings is 2. The third-order valence-electron chi connectivity index (χ3n) is 4.64. The lowest BCUT2D eigenvalue weighted by Gasteiger charge is -2.06. The molecule has 3 aromatic rings. The summed E-state index contributed by atoms with van der Waals surface area (Å²) in [6.45, 7) is 0.206. The van der Waals surface area contributed by atoms with E-state index in [1.54, 1.807) is 29.2 Å². The molecule has 0 spiro atoms. The zero-order chi connectivity index (χ0) is 18.1. The van der Waals surface area contributed by atoms with E-state index in [2.05, 4.69) is 10.4 Å². The van der Waals surface area contributed by atoms with Crippen molar-refractivity contribution in [2.45, 2.75) is 18.9 Å². The standard InChI is InChI=1S/C20H17ClFN3O/c21-18-7-4-8-19(22)17(18)12-25-11-14(10-23-25)24-20(26)16-9-15(16)13-5-2-1-3-6-13/h1-8,10-11,15-16H,9,12H2,(H,24,26). The highest BCUT2D eigenvalue weighted by Gasteiger charge is 2.43. The van der Waals surface area contributed by atoms with Crippen molar-refractivity contribution in [2.24, 2.45) is 5.92 Å². The molecule has 1 fully saturated rings. The van der Waals surface area contributed by atoms with Crippen molar-refractivity contribution in [3.05, 3.63) is 82.9 Å². The van der Waals surface area contributed by atoms with Gasteiger partial charge in [-0.2, -0.15) is 5.10 Å². The topological polar surface area (TPSA) is 46.9 Å². The van der Waals surface area contributed by atoms with Crippen molar-refractivity contribution in [1.82, 2.24) is 9.78 Å². The van der Waals surface area contributed by atoms with Crippen LogP contribution in [-0.2, 0) is 11.3 Å². The third-order valence-corrected chi connectivity index (χ3v) is 4.99. The minimum absolute atomic E-state index is 0.0117. The average Bonchev–Trinajstić information content (AvgIpc) is 3.33. The van der Waals surface area contributed by atoms with Gasteiger partial charge < -0.3 is 5.32 Å². The lowest BCUT2D eigenvalue weighted by Crippen LogP contribution is -2.14. The van der Waals surface area contributed by atoms with Gasteiger partial charge in [0.05, 0.1) is 18.4 Å². The van der Waals surface area contributed by atoms with Gasteiger partial charge in [-0.25, -0.2) is 4.39 Å². The van der Waals surface area contributed by atoms with Gasteiger partial charge in [0.2, 0.25) is 5.91 Å². The first kappa shape index (κ1) is 16.8. The molecular weight excluding hydrogens is 353 g/mol. The van der Waals surface area contributed by atoms with Crippen LogP contribution in [0.5, 0.6) is 0 Å². The molecule has 1 amide bonds. The maximum absolute atomic E-state index is 13.9. The molecule has 1 aliphatic rings. The number of nitrogens with one attached hydrogen (secondary N) is 1. The summed E-state index contributed by atoms with van der Waals surface area (Å²) in [5.74, 6) is -0.116. The minimum atomic E-state index is -0.373. The van der Waals surface area contributed by atoms with Gasteiger partial charge in [-0.05, 0) is 30.0 Å². The molecule has 1 heterocycles. The van der Waals surface area contributed by atoms with Crippen LogP contribution in [0.3, 0.4) is 0 Å². The number of halogens is 2. The molecule has 4 rings (SSSR count). The van der Waals surface area contributed by atoms with Gasteiger partial charge in [-0.15, -0.1) is 0 Å². The van der Waals surface area contributed by atoms with Gasteiger partial charge in [0.25, 0.3) is 0 Å². The predicted molar refractivity (Wildman–Crippen MR) is 98.7 cm³/mol. The van der Waals surface area contributed by atoms with Gasteiger partial charge in [0, 0.05) is 22.7 Å². The third kappa shape index (κ3) is 3.48. The van der Waals surface area contributed by atoms with Crippen LogP contribution < -0.4 is 5.32 Å². The summed E-state index contributed by atoms with van der Waals surface area (Å²) in [6.07, 6.45) is 4.10. The Morgan fingerprint density at radius 3 is 2.81 bits per heavy atom. The van der Waals surface area contributed by atoms with Crippen LogP contribution in [-0.4, -0.2) is 15.7 Å². The van der Waals surface area contributed by atoms with E-state index in [0.717, 1.165) is 6.42 Å². The van der Waals surface area contributed by atoms with E-state index in [1.807, 2.05) is 30.3 Å². The molecule has 4 nitrogen and oxygen atoms in total. The Morgan fingerprint density at radius 1 is 1.23 bits per heavy atom. The fourth-order valence-electron chi connectivity index (χ4n) is 3.15. The Balaban J connectivity index is 1.39. The van der Waals surface area contributed by atoms with E-state index in [9.17, 15) is 9.18 Å². The Bertz CT molecular complexity index is 921. The number of anilines is 1. The molecule has 1 saturated carbocycles. The summed E-state index contributed by atoms with van der Waals surface area (Å²) in [5.41, 5.74) is 2.17. The number of nitrogens with zero attached hydrogens (tertiary/aromatic N) is 2. The number of amides is 1. The highest BCUT2D eigenvalue weighted by molar-refractivity contribution is 6.31. The zero-order valence-electron chi connectivity index (χ0n) is 13.9. The van der Waals surface area contributed by atoms with E-state index >= 15 is 0 Å². The Kier molecular flexibility index (Phi) is 4.47. The molecule has 0 bridgehead atoms. The van der Waals surface area contributed by atoms with Crippen LogP contribution in [0.25, 0.3) is 0 Å². The normalized spacial score (nSPS) is 18.5. The summed E-state index contributed by atoms with van der Waals surface area (Å²) in [5, 5.41) is 7.43. The average molecular weight is 370 g/mol. The van der Waals surface area contributed by atoms with Crippen molar-refractivity contribution in [3.8, 4) is 0 Å². The predicted octanol–water partition coefficient (Wildman–Crippen LogP) is 4.47. The van der Waals surface area contributed by atoms with E-state index in [4.69, 9.17) is 11.6 Å². The van der Waals surface area contributed by atoms with Gasteiger partial charge in [-0.3, -0.25) is 9.48 Å². The van der Waals surface area contributed by atoms with Crippen LogP contribution >= 0.6 is 11.6 Å². The summed E-state index contributed by atoms with van der Waals surface area (Å²) in [6, 6.07) is 14.6. The van der Waals surface area contributed by atoms with Crippen molar-refractivity contribution < 1.29 is 9.18 Å². The maximum atomic E-state index is 13.9. The summed E-state index contributed by atoms with van der Waals surface area (Å²) in [4.78, 5) is 12.4. The first-order valence-electron chi connectivity index (χ1n) is 8.43. The minimum Gasteiger partial charge on any atom is -0.323 e. The molecule has 1 N–H and O–H groups in total. The van der Waals surface area contributed by atoms with Gasteiger partial charge >= 0.3 is 0 Å². The molecule has 0 aliphatic heterocycles. The number of aromatic nitrogens is 2. The molecule has 0 radical (unpaired) electrons. The molecule has 0 saturated heterocycles. The summed E-state index contributed by atoms with van der Waals surface area (Å²) < 4.78 is 15.4. The Labute approximate surface area is 155 Å². The second-order valence-electron chi connectivity index (χ2n) is 6.48. The second kappa shape index (κ2) is 6.92. The van der Waals surface area contributed by atoms with Crippen LogP contribution in [0.1, 0.15) is 23.5 Å². The maximum Gasteiger partial charge on any atom is 0.228 e. The Hall–Kier alpha value is -2.66. The highest BCUT2D eigenvalue weighted by Crippen LogP contribution is 2.47. The lowest BCUT2D eigenvalue weighted by molar-refractivity contribution is -0.117. The highest BCUT2D eigenvalue weighted by atomic mass is 35.5. The molecular formula is C20H17ClFN3O. The van der Waals surface area contributed by atoms with Crippen molar-refractivity contribution >= 4 is 23.2 Å². The number of rotatable bonds is 5. The first-order valence-corrected chi connectivity index (χ1v) is 8.81. The van der Waals surface area contributed by atoms with E-state index in [-0.39, 0.29) is 30.1 Å². The van der Waals surface area contributed by atoms with Crippen LogP contribution in [0.2, 0.25) is 5.02 Å². The number of carbonyl (C=O) groups excluding carboxylic acids is 1. The lowest BCUT2D eigenvalue weighted by atomic mass is 10.1. The molecule has 26 heavy (non-hydrogen) atoms. The summed E-state index contributed by atoms with van der Waals surface area (Å²) in [7, 11) is 0. The van der Waals surface area contributed by atoms with Gasteiger partial charge in [0.15, 0.2) is 0 Å². The SMILES string of the molecule is O=C(Nc1cnn(Cc2c(F)cccc2Cl)c1)C1CC1c1ccccc1. The van der Waals surface area contributed by atoms with E-state index in [0.29, 0.717) is 16.3 Å². The van der Waals surface area contributed by atoms with Crippen molar-refractivity contribution in [2.75, 3.05) is 5.32 Å². The quantitative estimate of drug-likeness (QED) is 0.721.